The Morgan fingerprint density at radius 3 is 2.29 bits per heavy atom. The minimum absolute atomic E-state index is 0.0293. The number of nitro benzene ring substituents is 1. The van der Waals surface area contributed by atoms with Crippen molar-refractivity contribution in [1.82, 2.24) is 9.03 Å². The molecule has 0 amide bonds. The number of benzene rings is 2. The van der Waals surface area contributed by atoms with Crippen molar-refractivity contribution >= 4 is 25.7 Å². The molecule has 2 rings (SSSR count). The van der Waals surface area contributed by atoms with Gasteiger partial charge in [0.25, 0.3) is 5.69 Å². The molecule has 152 valence electrons. The lowest BCUT2D eigenvalue weighted by Gasteiger charge is -2.16. The Hall–Kier alpha value is -2.54. The van der Waals surface area contributed by atoms with Crippen LogP contribution in [0.25, 0.3) is 0 Å². The fourth-order valence-corrected chi connectivity index (χ4v) is 4.61. The lowest BCUT2D eigenvalue weighted by molar-refractivity contribution is -0.385. The van der Waals surface area contributed by atoms with Crippen molar-refractivity contribution in [2.45, 2.75) is 16.3 Å². The lowest BCUT2D eigenvalue weighted by Crippen LogP contribution is -2.27. The van der Waals surface area contributed by atoms with Crippen LogP contribution in [0.3, 0.4) is 0 Å². The summed E-state index contributed by atoms with van der Waals surface area (Å²) >= 11 is 0. The van der Waals surface area contributed by atoms with Gasteiger partial charge >= 0.3 is 0 Å². The topological polar surface area (TPSA) is 136 Å². The van der Waals surface area contributed by atoms with Crippen LogP contribution < -0.4 is 9.46 Å². The first kappa shape index (κ1) is 21.8. The molecule has 2 aromatic rings. The van der Waals surface area contributed by atoms with Crippen molar-refractivity contribution in [2.24, 2.45) is 0 Å². The van der Waals surface area contributed by atoms with Crippen molar-refractivity contribution in [3.8, 4) is 5.75 Å². The van der Waals surface area contributed by atoms with Crippen molar-refractivity contribution in [1.29, 1.82) is 0 Å². The molecule has 0 atom stereocenters. The normalized spacial score (nSPS) is 12.1. The molecule has 1 N–H and O–H groups in total. The number of nitrogens with one attached hydrogen (secondary N) is 1. The van der Waals surface area contributed by atoms with Gasteiger partial charge in [0.15, 0.2) is 0 Å². The van der Waals surface area contributed by atoms with Crippen LogP contribution in [0.1, 0.15) is 5.56 Å². The van der Waals surface area contributed by atoms with E-state index in [9.17, 15) is 26.9 Å². The molecule has 0 bridgehead atoms. The number of methoxy groups -OCH3 is 1. The maximum absolute atomic E-state index is 12.6. The summed E-state index contributed by atoms with van der Waals surface area (Å²) in [5, 5.41) is 10.9. The number of ether oxygens (including phenoxy) is 1. The van der Waals surface area contributed by atoms with Crippen LogP contribution in [-0.4, -0.2) is 47.3 Å². The predicted molar refractivity (Wildman–Crippen MR) is 101 cm³/mol. The quantitative estimate of drug-likeness (QED) is 0.494. The zero-order valence-electron chi connectivity index (χ0n) is 15.3. The van der Waals surface area contributed by atoms with Crippen LogP contribution in [0.15, 0.2) is 52.3 Å². The summed E-state index contributed by atoms with van der Waals surface area (Å²) in [7, 11) is -3.96. The largest absolute Gasteiger partial charge is 0.495 e. The highest BCUT2D eigenvalue weighted by Gasteiger charge is 2.25. The Balaban J connectivity index is 2.37. The molecule has 0 aliphatic rings. The van der Waals surface area contributed by atoms with Crippen molar-refractivity contribution in [3.63, 3.8) is 0 Å². The van der Waals surface area contributed by atoms with Crippen LogP contribution in [0.4, 0.5) is 5.69 Å². The Morgan fingerprint density at radius 1 is 1.07 bits per heavy atom. The van der Waals surface area contributed by atoms with Gasteiger partial charge in [0.1, 0.15) is 10.6 Å². The van der Waals surface area contributed by atoms with Gasteiger partial charge in [0.2, 0.25) is 20.0 Å². The van der Waals surface area contributed by atoms with E-state index >= 15 is 0 Å². The molecular formula is C16H19N3O7S2. The van der Waals surface area contributed by atoms with Crippen LogP contribution >= 0.6 is 0 Å². The molecule has 0 saturated carbocycles. The Labute approximate surface area is 163 Å². The number of hydrogen-bond acceptors (Lipinski definition) is 7. The number of nitrogens with zero attached hydrogens (tertiary/aromatic N) is 2. The highest BCUT2D eigenvalue weighted by molar-refractivity contribution is 7.89. The van der Waals surface area contributed by atoms with Gasteiger partial charge in [0.05, 0.1) is 23.0 Å². The van der Waals surface area contributed by atoms with E-state index in [4.69, 9.17) is 4.74 Å². The predicted octanol–water partition coefficient (Wildman–Crippen LogP) is 1.33. The molecule has 0 heterocycles. The average Bonchev–Trinajstić information content (AvgIpc) is 2.65. The molecule has 0 unspecified atom stereocenters. The van der Waals surface area contributed by atoms with Crippen molar-refractivity contribution in [2.75, 3.05) is 21.2 Å². The van der Waals surface area contributed by atoms with Crippen LogP contribution in [0.5, 0.6) is 5.75 Å². The van der Waals surface area contributed by atoms with E-state index in [0.717, 1.165) is 22.5 Å². The fraction of sp³-hybridized carbons (Fsp3) is 0.250. The molecular weight excluding hydrogens is 410 g/mol. The van der Waals surface area contributed by atoms with E-state index in [0.29, 0.717) is 0 Å². The smallest absolute Gasteiger partial charge is 0.273 e. The molecule has 0 aromatic heterocycles. The number of non-ortho nitro benzene ring substituents is 1. The Morgan fingerprint density at radius 2 is 1.71 bits per heavy atom. The second kappa shape index (κ2) is 8.22. The van der Waals surface area contributed by atoms with E-state index in [1.807, 2.05) is 0 Å². The van der Waals surface area contributed by atoms with Gasteiger partial charge in [0, 0.05) is 26.7 Å². The van der Waals surface area contributed by atoms with E-state index in [1.54, 1.807) is 6.07 Å². The highest BCUT2D eigenvalue weighted by atomic mass is 32.2. The van der Waals surface area contributed by atoms with Crippen LogP contribution in [0, 0.1) is 10.1 Å². The standard InChI is InChI=1S/C16H19N3O7S2/c1-18(2)28(24,25)15-7-5-4-6-12(15)11-17-27(22,23)16-9-8-13(19(20)21)10-14(16)26-3/h4-10,17H,11H2,1-3H3. The number of rotatable bonds is 8. The first-order valence-corrected chi connectivity index (χ1v) is 10.8. The number of hydrogen-bond donors (Lipinski definition) is 1. The number of sulfonamides is 2. The molecule has 0 saturated heterocycles. The maximum atomic E-state index is 12.6. The summed E-state index contributed by atoms with van der Waals surface area (Å²) in [6.07, 6.45) is 0. The van der Waals surface area contributed by atoms with Crippen LogP contribution in [-0.2, 0) is 26.6 Å². The maximum Gasteiger partial charge on any atom is 0.273 e. The lowest BCUT2D eigenvalue weighted by atomic mass is 10.2. The zero-order chi connectivity index (χ0) is 21.1. The van der Waals surface area contributed by atoms with Gasteiger partial charge in [-0.25, -0.2) is 25.9 Å². The minimum atomic E-state index is -4.13. The van der Waals surface area contributed by atoms with E-state index in [1.165, 1.54) is 39.4 Å². The van der Waals surface area contributed by atoms with Gasteiger partial charge in [-0.15, -0.1) is 0 Å². The number of nitro groups is 1. The monoisotopic (exact) mass is 429 g/mol. The molecule has 2 aromatic carbocycles. The summed E-state index contributed by atoms with van der Waals surface area (Å²) in [5.41, 5.74) is -0.0705. The van der Waals surface area contributed by atoms with Gasteiger partial charge in [-0.05, 0) is 17.7 Å². The third-order valence-corrected chi connectivity index (χ3v) is 7.19. The van der Waals surface area contributed by atoms with Gasteiger partial charge in [-0.2, -0.15) is 0 Å². The molecule has 12 heteroatoms. The molecule has 0 aliphatic carbocycles. The van der Waals surface area contributed by atoms with Crippen molar-refractivity contribution in [3.05, 3.63) is 58.1 Å². The van der Waals surface area contributed by atoms with E-state index < -0.39 is 25.0 Å². The third kappa shape index (κ3) is 4.47. The van der Waals surface area contributed by atoms with Crippen LogP contribution in [0.2, 0.25) is 0 Å². The summed E-state index contributed by atoms with van der Waals surface area (Å²) < 4.78 is 58.4. The Bertz CT molecular complexity index is 1100. The third-order valence-electron chi connectivity index (χ3n) is 3.83. The van der Waals surface area contributed by atoms with Gasteiger partial charge in [-0.3, -0.25) is 10.1 Å². The second-order valence-corrected chi connectivity index (χ2v) is 9.67. The molecule has 28 heavy (non-hydrogen) atoms. The Kier molecular flexibility index (Phi) is 6.39. The van der Waals surface area contributed by atoms with Gasteiger partial charge in [-0.1, -0.05) is 18.2 Å². The molecule has 10 nitrogen and oxygen atoms in total. The summed E-state index contributed by atoms with van der Waals surface area (Å²) in [6.45, 7) is -0.300. The first-order valence-electron chi connectivity index (χ1n) is 7.83. The first-order chi connectivity index (χ1) is 13.0. The summed E-state index contributed by atoms with van der Waals surface area (Å²) in [4.78, 5) is 9.85. The fourth-order valence-electron chi connectivity index (χ4n) is 2.34. The van der Waals surface area contributed by atoms with E-state index in [2.05, 4.69) is 4.72 Å². The summed E-state index contributed by atoms with van der Waals surface area (Å²) in [6, 6.07) is 9.10. The zero-order valence-corrected chi connectivity index (χ0v) is 17.0. The average molecular weight is 429 g/mol. The molecule has 0 spiro atoms. The van der Waals surface area contributed by atoms with Gasteiger partial charge < -0.3 is 4.74 Å². The minimum Gasteiger partial charge on any atom is -0.495 e. The molecule has 0 fully saturated rings. The molecule has 0 aliphatic heterocycles. The highest BCUT2D eigenvalue weighted by Crippen LogP contribution is 2.28. The van der Waals surface area contributed by atoms with E-state index in [-0.39, 0.29) is 33.3 Å². The second-order valence-electron chi connectivity index (χ2n) is 5.81. The van der Waals surface area contributed by atoms with Crippen molar-refractivity contribution < 1.29 is 26.5 Å². The summed E-state index contributed by atoms with van der Waals surface area (Å²) in [5.74, 6) is -0.198. The molecule has 0 radical (unpaired) electrons. The SMILES string of the molecule is COc1cc([N+](=O)[O-])ccc1S(=O)(=O)NCc1ccccc1S(=O)(=O)N(C)C.